The third-order valence-corrected chi connectivity index (χ3v) is 4.81. The van der Waals surface area contributed by atoms with Crippen molar-refractivity contribution in [2.75, 3.05) is 6.54 Å². The van der Waals surface area contributed by atoms with Gasteiger partial charge in [0.25, 0.3) is 0 Å². The minimum Gasteiger partial charge on any atom is -0.369 e. The van der Waals surface area contributed by atoms with E-state index in [0.717, 1.165) is 23.5 Å². The summed E-state index contributed by atoms with van der Waals surface area (Å²) in [5.41, 5.74) is 6.14. The molecule has 5 nitrogen and oxygen atoms in total. The Morgan fingerprint density at radius 3 is 2.90 bits per heavy atom. The van der Waals surface area contributed by atoms with Crippen LogP contribution < -0.4 is 5.73 Å². The van der Waals surface area contributed by atoms with Gasteiger partial charge >= 0.3 is 0 Å². The van der Waals surface area contributed by atoms with Crippen LogP contribution in [0, 0.1) is 5.92 Å². The summed E-state index contributed by atoms with van der Waals surface area (Å²) in [6.07, 6.45) is 1.83. The number of nitrogens with zero attached hydrogens (tertiary/aromatic N) is 2. The number of carbonyl (C=O) groups is 2. The van der Waals surface area contributed by atoms with Crippen molar-refractivity contribution in [3.05, 3.63) is 16.1 Å². The molecule has 0 radical (unpaired) electrons. The Bertz CT molecular complexity index is 506. The number of piperidine rings is 1. The Hall–Kier alpha value is -1.14. The van der Waals surface area contributed by atoms with Gasteiger partial charge in [0.05, 0.1) is 23.9 Å². The third-order valence-electron chi connectivity index (χ3n) is 3.64. The van der Waals surface area contributed by atoms with E-state index < -0.39 is 0 Å². The summed E-state index contributed by atoms with van der Waals surface area (Å²) in [5, 5.41) is 2.63. The van der Waals surface area contributed by atoms with E-state index in [1.807, 2.05) is 12.3 Å². The van der Waals surface area contributed by atoms with E-state index in [1.165, 1.54) is 11.3 Å². The van der Waals surface area contributed by atoms with Gasteiger partial charge in [-0.2, -0.15) is 0 Å². The van der Waals surface area contributed by atoms with Crippen LogP contribution in [-0.2, 0) is 21.9 Å². The Morgan fingerprint density at radius 1 is 1.55 bits per heavy atom. The average Bonchev–Trinajstić information content (AvgIpc) is 2.86. The van der Waals surface area contributed by atoms with Gasteiger partial charge in [-0.05, 0) is 19.8 Å². The zero-order chi connectivity index (χ0) is 14.7. The molecule has 1 saturated heterocycles. The highest BCUT2D eigenvalue weighted by molar-refractivity contribution is 7.09. The molecule has 7 heteroatoms. The van der Waals surface area contributed by atoms with Gasteiger partial charge in [0, 0.05) is 18.0 Å². The second-order valence-corrected chi connectivity index (χ2v) is 6.32. The second kappa shape index (κ2) is 6.54. The maximum atomic E-state index is 12.4. The highest BCUT2D eigenvalue weighted by Crippen LogP contribution is 2.23. The fourth-order valence-electron chi connectivity index (χ4n) is 2.41. The van der Waals surface area contributed by atoms with E-state index in [9.17, 15) is 9.59 Å². The molecule has 0 aliphatic carbocycles. The first-order valence-electron chi connectivity index (χ1n) is 6.59. The molecule has 110 valence electrons. The predicted molar refractivity (Wildman–Crippen MR) is 78.5 cm³/mol. The minimum absolute atomic E-state index is 0.000998. The van der Waals surface area contributed by atoms with Crippen LogP contribution in [0.3, 0.4) is 0 Å². The van der Waals surface area contributed by atoms with E-state index in [2.05, 4.69) is 4.98 Å². The topological polar surface area (TPSA) is 76.3 Å². The Morgan fingerprint density at radius 2 is 2.30 bits per heavy atom. The van der Waals surface area contributed by atoms with E-state index in [0.29, 0.717) is 12.4 Å². The van der Waals surface area contributed by atoms with Crippen molar-refractivity contribution in [3.8, 4) is 0 Å². The maximum absolute atomic E-state index is 12.4. The lowest BCUT2D eigenvalue weighted by atomic mass is 9.92. The number of hydrogen-bond donors (Lipinski definition) is 1. The highest BCUT2D eigenvalue weighted by Gasteiger charge is 2.31. The molecule has 0 bridgehead atoms. The van der Waals surface area contributed by atoms with Crippen LogP contribution in [0.5, 0.6) is 0 Å². The van der Waals surface area contributed by atoms with Crippen LogP contribution >= 0.6 is 22.9 Å². The number of halogens is 1. The summed E-state index contributed by atoms with van der Waals surface area (Å²) in [7, 11) is 0. The van der Waals surface area contributed by atoms with E-state index in [1.54, 1.807) is 4.90 Å². The highest BCUT2D eigenvalue weighted by atomic mass is 35.5. The molecule has 2 rings (SSSR count). The number of nitrogens with two attached hydrogens (primary N) is 1. The molecule has 0 spiro atoms. The first-order valence-corrected chi connectivity index (χ1v) is 8.00. The standard InChI is InChI=1S/C13H18ClN3O2S/c1-8-2-3-9(13(15)19)6-17(8)12(18)4-11-16-10(5-14)7-20-11/h7-9H,2-6H2,1H3,(H2,15,19). The lowest BCUT2D eigenvalue weighted by molar-refractivity contribution is -0.136. The number of amides is 2. The number of carbonyl (C=O) groups excluding carboxylic acids is 2. The summed E-state index contributed by atoms with van der Waals surface area (Å²) < 4.78 is 0. The summed E-state index contributed by atoms with van der Waals surface area (Å²) in [5.74, 6) is -0.202. The van der Waals surface area contributed by atoms with E-state index in [4.69, 9.17) is 17.3 Å². The summed E-state index contributed by atoms with van der Waals surface area (Å²) in [4.78, 5) is 29.7. The molecule has 1 aliphatic heterocycles. The molecule has 2 atom stereocenters. The van der Waals surface area contributed by atoms with Gasteiger partial charge < -0.3 is 10.6 Å². The van der Waals surface area contributed by atoms with Crippen LogP contribution in [0.4, 0.5) is 0 Å². The van der Waals surface area contributed by atoms with E-state index >= 15 is 0 Å². The molecule has 0 aromatic carbocycles. The third kappa shape index (κ3) is 3.49. The van der Waals surface area contributed by atoms with Crippen LogP contribution in [0.15, 0.2) is 5.38 Å². The number of likely N-dealkylation sites (tertiary alicyclic amines) is 1. The van der Waals surface area contributed by atoms with Crippen molar-refractivity contribution in [2.45, 2.75) is 38.1 Å². The summed E-state index contributed by atoms with van der Waals surface area (Å²) >= 11 is 7.14. The Kier molecular flexibility index (Phi) is 4.99. The van der Waals surface area contributed by atoms with Crippen molar-refractivity contribution < 1.29 is 9.59 Å². The van der Waals surface area contributed by atoms with E-state index in [-0.39, 0.29) is 30.2 Å². The summed E-state index contributed by atoms with van der Waals surface area (Å²) in [6, 6.07) is 0.144. The Labute approximate surface area is 127 Å². The van der Waals surface area contributed by atoms with Crippen molar-refractivity contribution in [1.82, 2.24) is 9.88 Å². The minimum atomic E-state index is -0.326. The number of hydrogen-bond acceptors (Lipinski definition) is 4. The fourth-order valence-corrected chi connectivity index (χ4v) is 3.42. The van der Waals surface area contributed by atoms with Gasteiger partial charge in [-0.25, -0.2) is 4.98 Å². The molecule has 2 N–H and O–H groups in total. The predicted octanol–water partition coefficient (Wildman–Crippen LogP) is 1.54. The molecule has 2 heterocycles. The van der Waals surface area contributed by atoms with Gasteiger partial charge in [-0.15, -0.1) is 22.9 Å². The second-order valence-electron chi connectivity index (χ2n) is 5.11. The number of aromatic nitrogens is 1. The Balaban J connectivity index is 2.01. The average molecular weight is 316 g/mol. The zero-order valence-electron chi connectivity index (χ0n) is 11.3. The van der Waals surface area contributed by atoms with Crippen LogP contribution in [0.2, 0.25) is 0 Å². The number of primary amides is 1. The van der Waals surface area contributed by atoms with Crippen LogP contribution in [0.25, 0.3) is 0 Å². The molecular weight excluding hydrogens is 298 g/mol. The van der Waals surface area contributed by atoms with Crippen molar-refractivity contribution >= 4 is 34.8 Å². The van der Waals surface area contributed by atoms with Crippen molar-refractivity contribution in [1.29, 1.82) is 0 Å². The lowest BCUT2D eigenvalue weighted by Gasteiger charge is -2.36. The lowest BCUT2D eigenvalue weighted by Crippen LogP contribution is -2.49. The molecule has 1 aliphatic rings. The number of rotatable bonds is 4. The molecule has 2 unspecified atom stereocenters. The monoisotopic (exact) mass is 315 g/mol. The maximum Gasteiger partial charge on any atom is 0.229 e. The molecule has 2 amide bonds. The first kappa shape index (κ1) is 15.3. The number of thiazole rings is 1. The van der Waals surface area contributed by atoms with Crippen molar-refractivity contribution in [3.63, 3.8) is 0 Å². The molecule has 1 fully saturated rings. The molecule has 1 aromatic heterocycles. The normalized spacial score (nSPS) is 22.8. The number of alkyl halides is 1. The molecule has 1 aromatic rings. The fraction of sp³-hybridized carbons (Fsp3) is 0.615. The van der Waals surface area contributed by atoms with Crippen LogP contribution in [0.1, 0.15) is 30.5 Å². The molecular formula is C13H18ClN3O2S. The molecule has 0 saturated carbocycles. The first-order chi connectivity index (χ1) is 9.51. The largest absolute Gasteiger partial charge is 0.369 e. The van der Waals surface area contributed by atoms with Crippen LogP contribution in [-0.4, -0.2) is 34.3 Å². The molecule has 20 heavy (non-hydrogen) atoms. The zero-order valence-corrected chi connectivity index (χ0v) is 12.9. The van der Waals surface area contributed by atoms with Gasteiger partial charge in [-0.3, -0.25) is 9.59 Å². The van der Waals surface area contributed by atoms with Gasteiger partial charge in [0.15, 0.2) is 0 Å². The van der Waals surface area contributed by atoms with Gasteiger partial charge in [0.1, 0.15) is 5.01 Å². The van der Waals surface area contributed by atoms with Gasteiger partial charge in [0.2, 0.25) is 11.8 Å². The quantitative estimate of drug-likeness (QED) is 0.856. The summed E-state index contributed by atoms with van der Waals surface area (Å²) in [6.45, 7) is 2.42. The van der Waals surface area contributed by atoms with Gasteiger partial charge in [-0.1, -0.05) is 0 Å². The smallest absolute Gasteiger partial charge is 0.229 e. The van der Waals surface area contributed by atoms with Crippen molar-refractivity contribution in [2.24, 2.45) is 11.7 Å². The SMILES string of the molecule is CC1CCC(C(N)=O)CN1C(=O)Cc1nc(CCl)cs1.